The molecule has 0 radical (unpaired) electrons. The van der Waals surface area contributed by atoms with Crippen LogP contribution in [0, 0.1) is 0 Å². The average Bonchev–Trinajstić information content (AvgIpc) is 2.88. The first kappa shape index (κ1) is 14.6. The summed E-state index contributed by atoms with van der Waals surface area (Å²) in [4.78, 5) is 11.7. The van der Waals surface area contributed by atoms with Crippen molar-refractivity contribution in [3.63, 3.8) is 0 Å². The van der Waals surface area contributed by atoms with Crippen molar-refractivity contribution in [1.29, 1.82) is 0 Å². The van der Waals surface area contributed by atoms with E-state index in [1.54, 1.807) is 12.1 Å². The van der Waals surface area contributed by atoms with E-state index >= 15 is 0 Å². The predicted molar refractivity (Wildman–Crippen MR) is 76.8 cm³/mol. The monoisotopic (exact) mass is 301 g/mol. The molecule has 3 nitrogen and oxygen atoms in total. The number of hydrogen-bond acceptors (Lipinski definition) is 2. The molecule has 1 aromatic carbocycles. The van der Waals surface area contributed by atoms with Crippen LogP contribution in [0.4, 0.5) is 0 Å². The Balaban J connectivity index is 1.73. The summed E-state index contributed by atoms with van der Waals surface area (Å²) in [5.41, 5.74) is 0.943. The zero-order valence-electron chi connectivity index (χ0n) is 10.6. The number of hydrogen-bond donors (Lipinski definition) is 1. The van der Waals surface area contributed by atoms with E-state index in [0.717, 1.165) is 25.0 Å². The molecule has 0 aromatic heterocycles. The van der Waals surface area contributed by atoms with Crippen molar-refractivity contribution in [2.75, 3.05) is 13.2 Å². The van der Waals surface area contributed by atoms with Crippen molar-refractivity contribution in [3.05, 3.63) is 33.8 Å². The molecule has 1 fully saturated rings. The fraction of sp³-hybridized carbons (Fsp3) is 0.500. The minimum absolute atomic E-state index is 0.0292. The smallest absolute Gasteiger partial charge is 0.220 e. The molecule has 0 saturated carbocycles. The molecule has 19 heavy (non-hydrogen) atoms. The van der Waals surface area contributed by atoms with Gasteiger partial charge in [-0.15, -0.1) is 0 Å². The van der Waals surface area contributed by atoms with E-state index < -0.39 is 0 Å². The number of carbonyl (C=O) groups is 1. The molecule has 1 aliphatic rings. The van der Waals surface area contributed by atoms with Crippen LogP contribution in [0.15, 0.2) is 18.2 Å². The number of halogens is 2. The third kappa shape index (κ3) is 4.68. The zero-order valence-corrected chi connectivity index (χ0v) is 12.1. The largest absolute Gasteiger partial charge is 0.376 e. The van der Waals surface area contributed by atoms with Gasteiger partial charge in [0.15, 0.2) is 0 Å². The van der Waals surface area contributed by atoms with Gasteiger partial charge in [0.1, 0.15) is 0 Å². The normalized spacial score (nSPS) is 18.5. The predicted octanol–water partition coefficient (Wildman–Crippen LogP) is 3.22. The van der Waals surface area contributed by atoms with E-state index in [2.05, 4.69) is 5.32 Å². The van der Waals surface area contributed by atoms with E-state index in [0.29, 0.717) is 29.4 Å². The standard InChI is InChI=1S/C14H17Cl2NO2/c15-11-5-3-10(13(16)8-11)4-6-14(18)17-9-12-2-1-7-19-12/h3,5,8,12H,1-2,4,6-7,9H2,(H,17,18). The number of benzene rings is 1. The third-order valence-corrected chi connectivity index (χ3v) is 3.77. The van der Waals surface area contributed by atoms with Crippen molar-refractivity contribution in [2.24, 2.45) is 0 Å². The topological polar surface area (TPSA) is 38.3 Å². The molecule has 0 bridgehead atoms. The minimum Gasteiger partial charge on any atom is -0.376 e. The molecular weight excluding hydrogens is 285 g/mol. The van der Waals surface area contributed by atoms with E-state index in [1.165, 1.54) is 0 Å². The summed E-state index contributed by atoms with van der Waals surface area (Å²) in [5, 5.41) is 4.11. The van der Waals surface area contributed by atoms with Crippen LogP contribution in [0.3, 0.4) is 0 Å². The summed E-state index contributed by atoms with van der Waals surface area (Å²) < 4.78 is 5.45. The van der Waals surface area contributed by atoms with Crippen LogP contribution in [0.5, 0.6) is 0 Å². The Kier molecular flexibility index (Phi) is 5.49. The molecule has 1 aromatic rings. The van der Waals surface area contributed by atoms with Crippen LogP contribution in [0.25, 0.3) is 0 Å². The molecule has 1 atom stereocenters. The van der Waals surface area contributed by atoms with Gasteiger partial charge in [-0.2, -0.15) is 0 Å². The van der Waals surface area contributed by atoms with E-state index in [-0.39, 0.29) is 12.0 Å². The first-order valence-electron chi connectivity index (χ1n) is 6.47. The maximum Gasteiger partial charge on any atom is 0.220 e. The second kappa shape index (κ2) is 7.13. The number of nitrogens with one attached hydrogen (secondary N) is 1. The number of ether oxygens (including phenoxy) is 1. The maximum atomic E-state index is 11.7. The van der Waals surface area contributed by atoms with Crippen molar-refractivity contribution < 1.29 is 9.53 Å². The van der Waals surface area contributed by atoms with Crippen LogP contribution in [0.1, 0.15) is 24.8 Å². The lowest BCUT2D eigenvalue weighted by Crippen LogP contribution is -2.31. The Morgan fingerprint density at radius 1 is 1.42 bits per heavy atom. The van der Waals surface area contributed by atoms with Crippen LogP contribution >= 0.6 is 23.2 Å². The highest BCUT2D eigenvalue weighted by Gasteiger charge is 2.16. The third-order valence-electron chi connectivity index (χ3n) is 3.19. The highest BCUT2D eigenvalue weighted by molar-refractivity contribution is 6.35. The van der Waals surface area contributed by atoms with Crippen LogP contribution < -0.4 is 5.32 Å². The first-order chi connectivity index (χ1) is 9.15. The fourth-order valence-corrected chi connectivity index (χ4v) is 2.60. The first-order valence-corrected chi connectivity index (χ1v) is 7.23. The van der Waals surface area contributed by atoms with Crippen LogP contribution in [-0.4, -0.2) is 25.2 Å². The minimum atomic E-state index is 0.0292. The highest BCUT2D eigenvalue weighted by Crippen LogP contribution is 2.22. The van der Waals surface area contributed by atoms with Gasteiger partial charge in [0.25, 0.3) is 0 Å². The van der Waals surface area contributed by atoms with Crippen molar-refractivity contribution in [3.8, 4) is 0 Å². The van der Waals surface area contributed by atoms with Gasteiger partial charge in [0.2, 0.25) is 5.91 Å². The Labute approximate surface area is 123 Å². The summed E-state index contributed by atoms with van der Waals surface area (Å²) in [6, 6.07) is 5.34. The highest BCUT2D eigenvalue weighted by atomic mass is 35.5. The Hall–Kier alpha value is -0.770. The van der Waals surface area contributed by atoms with Gasteiger partial charge >= 0.3 is 0 Å². The summed E-state index contributed by atoms with van der Waals surface area (Å²) in [5.74, 6) is 0.0292. The van der Waals surface area contributed by atoms with Crippen LogP contribution in [0.2, 0.25) is 10.0 Å². The Bertz CT molecular complexity index is 445. The second-order valence-electron chi connectivity index (χ2n) is 4.67. The van der Waals surface area contributed by atoms with Crippen molar-refractivity contribution in [1.82, 2.24) is 5.32 Å². The molecule has 104 valence electrons. The van der Waals surface area contributed by atoms with Crippen molar-refractivity contribution in [2.45, 2.75) is 31.8 Å². The van der Waals surface area contributed by atoms with Gasteiger partial charge in [0, 0.05) is 29.6 Å². The molecule has 1 unspecified atom stereocenters. The Morgan fingerprint density at radius 2 is 2.26 bits per heavy atom. The van der Waals surface area contributed by atoms with E-state index in [4.69, 9.17) is 27.9 Å². The molecule has 1 aliphatic heterocycles. The number of rotatable bonds is 5. The van der Waals surface area contributed by atoms with E-state index in [1.807, 2.05) is 6.07 Å². The van der Waals surface area contributed by atoms with E-state index in [9.17, 15) is 4.79 Å². The summed E-state index contributed by atoms with van der Waals surface area (Å²) in [7, 11) is 0. The van der Waals surface area contributed by atoms with Crippen LogP contribution in [-0.2, 0) is 16.0 Å². The number of amides is 1. The zero-order chi connectivity index (χ0) is 13.7. The molecule has 5 heteroatoms. The molecule has 1 N–H and O–H groups in total. The van der Waals surface area contributed by atoms with Gasteiger partial charge in [-0.25, -0.2) is 0 Å². The lowest BCUT2D eigenvalue weighted by Gasteiger charge is -2.11. The molecule has 2 rings (SSSR count). The lowest BCUT2D eigenvalue weighted by molar-refractivity contribution is -0.121. The van der Waals surface area contributed by atoms with Gasteiger partial charge in [-0.3, -0.25) is 4.79 Å². The lowest BCUT2D eigenvalue weighted by atomic mass is 10.1. The Morgan fingerprint density at radius 3 is 2.95 bits per heavy atom. The maximum absolute atomic E-state index is 11.7. The molecule has 0 aliphatic carbocycles. The fourth-order valence-electron chi connectivity index (χ4n) is 2.09. The van der Waals surface area contributed by atoms with Gasteiger partial charge in [-0.1, -0.05) is 29.3 Å². The molecule has 0 spiro atoms. The molecule has 1 saturated heterocycles. The molecule has 1 heterocycles. The van der Waals surface area contributed by atoms with Gasteiger partial charge in [0.05, 0.1) is 6.10 Å². The van der Waals surface area contributed by atoms with Gasteiger partial charge in [-0.05, 0) is 37.0 Å². The summed E-state index contributed by atoms with van der Waals surface area (Å²) in [6.45, 7) is 1.41. The van der Waals surface area contributed by atoms with Crippen molar-refractivity contribution >= 4 is 29.1 Å². The quantitative estimate of drug-likeness (QED) is 0.907. The number of carbonyl (C=O) groups excluding carboxylic acids is 1. The summed E-state index contributed by atoms with van der Waals surface area (Å²) in [6.07, 6.45) is 3.34. The number of aryl methyl sites for hydroxylation is 1. The average molecular weight is 302 g/mol. The second-order valence-corrected chi connectivity index (χ2v) is 5.52. The molecule has 1 amide bonds. The molecular formula is C14H17Cl2NO2. The van der Waals surface area contributed by atoms with Gasteiger partial charge < -0.3 is 10.1 Å². The SMILES string of the molecule is O=C(CCc1ccc(Cl)cc1Cl)NCC1CCCO1. The summed E-state index contributed by atoms with van der Waals surface area (Å²) >= 11 is 11.9.